The summed E-state index contributed by atoms with van der Waals surface area (Å²) in [7, 11) is 1.14. The van der Waals surface area contributed by atoms with Gasteiger partial charge in [-0.25, -0.2) is 0 Å². The van der Waals surface area contributed by atoms with Crippen LogP contribution in [0.1, 0.15) is 219 Å². The van der Waals surface area contributed by atoms with Gasteiger partial charge in [-0.3, -0.25) is 14.2 Å². The molecule has 0 aliphatic carbocycles. The maximum Gasteiger partial charge on any atom is 0.306 e. The number of ether oxygens (including phenoxy) is 2. The van der Waals surface area contributed by atoms with Crippen LogP contribution in [0.25, 0.3) is 0 Å². The molecule has 2 unspecified atom stereocenters. The average Bonchev–Trinajstić information content (AvgIpc) is 3.38. The van der Waals surface area contributed by atoms with Gasteiger partial charge in [-0.05, 0) is 116 Å². The molecule has 432 valence electrons. The Morgan fingerprint density at radius 3 is 1.13 bits per heavy atom. The third-order valence-electron chi connectivity index (χ3n) is 12.2. The van der Waals surface area contributed by atoms with E-state index in [1.807, 2.05) is 21.1 Å². The topological polar surface area (TPSA) is 111 Å². The maximum atomic E-state index is 12.8. The van der Waals surface area contributed by atoms with E-state index in [4.69, 9.17) is 18.5 Å². The minimum absolute atomic E-state index is 0.0400. The van der Waals surface area contributed by atoms with Crippen LogP contribution in [-0.2, 0) is 32.7 Å². The molecular formula is C66H110NO8P. The van der Waals surface area contributed by atoms with E-state index in [9.17, 15) is 19.0 Å². The lowest BCUT2D eigenvalue weighted by atomic mass is 10.1. The van der Waals surface area contributed by atoms with Gasteiger partial charge in [0.25, 0.3) is 7.82 Å². The van der Waals surface area contributed by atoms with Gasteiger partial charge in [-0.15, -0.1) is 0 Å². The number of carbonyl (C=O) groups is 2. The predicted molar refractivity (Wildman–Crippen MR) is 323 cm³/mol. The summed E-state index contributed by atoms with van der Waals surface area (Å²) in [5.74, 6) is -0.862. The van der Waals surface area contributed by atoms with E-state index >= 15 is 0 Å². The third kappa shape index (κ3) is 59.4. The van der Waals surface area contributed by atoms with Crippen molar-refractivity contribution in [3.05, 3.63) is 134 Å². The molecule has 0 aliphatic heterocycles. The number of allylic oxidation sites excluding steroid dienone is 22. The number of unbranched alkanes of at least 4 members (excludes halogenated alkanes) is 17. The molecule has 9 nitrogen and oxygen atoms in total. The molecule has 0 rings (SSSR count). The molecule has 0 saturated carbocycles. The van der Waals surface area contributed by atoms with Gasteiger partial charge in [0.05, 0.1) is 27.7 Å². The number of carbonyl (C=O) groups excluding carboxylic acids is 2. The molecule has 0 aromatic heterocycles. The minimum Gasteiger partial charge on any atom is -0.756 e. The van der Waals surface area contributed by atoms with Gasteiger partial charge < -0.3 is 27.9 Å². The first-order valence-electron chi connectivity index (χ1n) is 29.9. The second-order valence-corrected chi connectivity index (χ2v) is 22.0. The predicted octanol–water partition coefficient (Wildman–Crippen LogP) is 18.3. The van der Waals surface area contributed by atoms with Gasteiger partial charge in [0.15, 0.2) is 6.10 Å². The zero-order valence-electron chi connectivity index (χ0n) is 48.9. The van der Waals surface area contributed by atoms with Crippen LogP contribution in [0.2, 0.25) is 0 Å². The number of hydrogen-bond acceptors (Lipinski definition) is 8. The summed E-state index contributed by atoms with van der Waals surface area (Å²) in [6.07, 6.45) is 80.8. The maximum absolute atomic E-state index is 12.8. The summed E-state index contributed by atoms with van der Waals surface area (Å²) >= 11 is 0. The second kappa shape index (κ2) is 55.9. The molecule has 10 heteroatoms. The number of phosphoric ester groups is 1. The molecule has 2 atom stereocenters. The van der Waals surface area contributed by atoms with Crippen molar-refractivity contribution < 1.29 is 42.1 Å². The van der Waals surface area contributed by atoms with Crippen LogP contribution in [0.15, 0.2) is 134 Å². The molecule has 0 aromatic rings. The molecule has 0 fully saturated rings. The van der Waals surface area contributed by atoms with Crippen LogP contribution >= 0.6 is 7.82 Å². The van der Waals surface area contributed by atoms with Crippen LogP contribution in [0, 0.1) is 0 Å². The van der Waals surface area contributed by atoms with E-state index in [2.05, 4.69) is 148 Å². The Hall–Kier alpha value is -3.85. The molecule has 0 radical (unpaired) electrons. The molecule has 0 bridgehead atoms. The van der Waals surface area contributed by atoms with Crippen LogP contribution < -0.4 is 4.89 Å². The van der Waals surface area contributed by atoms with Crippen molar-refractivity contribution in [3.8, 4) is 0 Å². The first kappa shape index (κ1) is 72.2. The highest BCUT2D eigenvalue weighted by Crippen LogP contribution is 2.38. The number of quaternary nitrogens is 1. The number of phosphoric acid groups is 1. The SMILES string of the molecule is CC/C=C\C/C=C\C/C=C\C/C=C\C/C=C\C/C=C\C/C=C\C/C=C\C/C=C\C/C=C\CCCCCCCCCCC(=O)OC(COC(=O)CCCCCCC/C=C\CCCCCC)COP(=O)([O-])OCC[N+](C)(C)C. The van der Waals surface area contributed by atoms with Crippen LogP contribution in [0.3, 0.4) is 0 Å². The Kier molecular flexibility index (Phi) is 53.1. The Labute approximate surface area is 466 Å². The summed E-state index contributed by atoms with van der Waals surface area (Å²) in [5.41, 5.74) is 0. The van der Waals surface area contributed by atoms with Gasteiger partial charge in [-0.2, -0.15) is 0 Å². The Balaban J connectivity index is 4.12. The van der Waals surface area contributed by atoms with E-state index in [-0.39, 0.29) is 26.1 Å². The number of nitrogens with zero attached hydrogens (tertiary/aromatic N) is 1. The lowest BCUT2D eigenvalue weighted by Gasteiger charge is -2.28. The van der Waals surface area contributed by atoms with Gasteiger partial charge in [0, 0.05) is 12.8 Å². The van der Waals surface area contributed by atoms with Gasteiger partial charge in [-0.1, -0.05) is 225 Å². The van der Waals surface area contributed by atoms with E-state index in [1.54, 1.807) is 0 Å². The Morgan fingerprint density at radius 1 is 0.421 bits per heavy atom. The fraction of sp³-hybridized carbons (Fsp3) is 0.636. The normalized spacial score (nSPS) is 14.2. The minimum atomic E-state index is -4.64. The standard InChI is InChI=1S/C66H110NO8P/c1-6-8-10-12-14-16-18-20-21-22-23-24-25-26-27-28-29-30-31-32-33-34-35-36-37-38-39-40-41-42-43-44-45-47-49-51-53-55-57-59-66(69)75-64(63-74-76(70,71)73-61-60-67(3,4)5)62-72-65(68)58-56-54-52-50-48-46-19-17-15-13-11-9-7-2/h8,10,14,16-17,19-21,23-24,26-27,29-30,32-33,35-36,38-39,41-42,64H,6-7,9,11-13,15,18,22,25,28,31,34,37,40,43-63H2,1-5H3/b10-8-,16-14-,19-17-,21-20-,24-23-,27-26-,30-29-,33-32-,36-35-,39-38-,42-41-. The largest absolute Gasteiger partial charge is 0.756 e. The van der Waals surface area contributed by atoms with Crippen molar-refractivity contribution in [2.45, 2.75) is 225 Å². The molecule has 0 N–H and O–H groups in total. The van der Waals surface area contributed by atoms with Crippen LogP contribution in [0.4, 0.5) is 0 Å². The number of esters is 2. The van der Waals surface area contributed by atoms with E-state index in [0.29, 0.717) is 23.9 Å². The van der Waals surface area contributed by atoms with Crippen molar-refractivity contribution in [3.63, 3.8) is 0 Å². The van der Waals surface area contributed by atoms with Crippen molar-refractivity contribution >= 4 is 19.8 Å². The smallest absolute Gasteiger partial charge is 0.306 e. The number of hydrogen-bond donors (Lipinski definition) is 0. The number of likely N-dealkylation sites (N-methyl/N-ethyl adjacent to an activating group) is 1. The monoisotopic (exact) mass is 1080 g/mol. The molecule has 0 spiro atoms. The lowest BCUT2D eigenvalue weighted by Crippen LogP contribution is -2.37. The molecule has 0 amide bonds. The first-order chi connectivity index (χ1) is 37.0. The average molecular weight is 1080 g/mol. The summed E-state index contributed by atoms with van der Waals surface area (Å²) in [6.45, 7) is 4.07. The van der Waals surface area contributed by atoms with Crippen molar-refractivity contribution in [2.24, 2.45) is 0 Å². The summed E-state index contributed by atoms with van der Waals surface area (Å²) in [5, 5.41) is 0. The van der Waals surface area contributed by atoms with Crippen LogP contribution in [0.5, 0.6) is 0 Å². The Bertz CT molecular complexity index is 1740. The fourth-order valence-electron chi connectivity index (χ4n) is 7.56. The molecule has 76 heavy (non-hydrogen) atoms. The number of rotatable bonds is 53. The molecule has 0 aromatic carbocycles. The zero-order chi connectivity index (χ0) is 55.6. The van der Waals surface area contributed by atoms with Gasteiger partial charge in [0.1, 0.15) is 19.8 Å². The molecule has 0 saturated heterocycles. The van der Waals surface area contributed by atoms with E-state index in [1.165, 1.54) is 57.8 Å². The summed E-state index contributed by atoms with van der Waals surface area (Å²) in [6, 6.07) is 0. The molecule has 0 heterocycles. The highest BCUT2D eigenvalue weighted by Gasteiger charge is 2.21. The molecular weight excluding hydrogens is 966 g/mol. The quantitative estimate of drug-likeness (QED) is 0.0195. The second-order valence-electron chi connectivity index (χ2n) is 20.6. The van der Waals surface area contributed by atoms with Crippen molar-refractivity contribution in [1.82, 2.24) is 0 Å². The van der Waals surface area contributed by atoms with Gasteiger partial charge in [0.2, 0.25) is 0 Å². The van der Waals surface area contributed by atoms with E-state index < -0.39 is 32.5 Å². The summed E-state index contributed by atoms with van der Waals surface area (Å²) in [4.78, 5) is 37.8. The van der Waals surface area contributed by atoms with E-state index in [0.717, 1.165) is 122 Å². The van der Waals surface area contributed by atoms with Crippen molar-refractivity contribution in [1.29, 1.82) is 0 Å². The Morgan fingerprint density at radius 2 is 0.750 bits per heavy atom. The van der Waals surface area contributed by atoms with Gasteiger partial charge >= 0.3 is 11.9 Å². The fourth-order valence-corrected chi connectivity index (χ4v) is 8.29. The first-order valence-corrected chi connectivity index (χ1v) is 31.4. The molecule has 0 aliphatic rings. The van der Waals surface area contributed by atoms with Crippen LogP contribution in [-0.4, -0.2) is 70.0 Å². The van der Waals surface area contributed by atoms with Crippen molar-refractivity contribution in [2.75, 3.05) is 47.5 Å². The highest BCUT2D eigenvalue weighted by atomic mass is 31.2. The highest BCUT2D eigenvalue weighted by molar-refractivity contribution is 7.45. The lowest BCUT2D eigenvalue weighted by molar-refractivity contribution is -0.870. The zero-order valence-corrected chi connectivity index (χ0v) is 49.8. The third-order valence-corrected chi connectivity index (χ3v) is 13.1. The summed E-state index contributed by atoms with van der Waals surface area (Å²) < 4.78 is 34.1.